The molecule has 3 aromatic heterocycles. The van der Waals surface area contributed by atoms with Crippen LogP contribution in [0.4, 0.5) is 0 Å². The molecule has 1 aromatic carbocycles. The number of hydrogen-bond donors (Lipinski definition) is 1. The molecule has 1 N–H and O–H groups in total. The molecule has 146 valence electrons. The minimum absolute atomic E-state index is 0.178. The van der Waals surface area contributed by atoms with Gasteiger partial charge in [-0.25, -0.2) is 14.2 Å². The first-order valence-electron chi connectivity index (χ1n) is 8.97. The van der Waals surface area contributed by atoms with Crippen LogP contribution in [0.25, 0.3) is 5.52 Å². The van der Waals surface area contributed by atoms with Gasteiger partial charge in [-0.2, -0.15) is 10.2 Å². The number of benzene rings is 1. The summed E-state index contributed by atoms with van der Waals surface area (Å²) in [6.45, 7) is 0.519. The van der Waals surface area contributed by atoms with E-state index in [9.17, 15) is 9.59 Å². The van der Waals surface area contributed by atoms with Gasteiger partial charge in [0.05, 0.1) is 6.20 Å². The molecule has 3 heterocycles. The summed E-state index contributed by atoms with van der Waals surface area (Å²) < 4.78 is 8.17. The van der Waals surface area contributed by atoms with Gasteiger partial charge in [0, 0.05) is 18.8 Å². The maximum atomic E-state index is 12.3. The molecule has 0 aliphatic rings. The first kappa shape index (κ1) is 18.4. The Morgan fingerprint density at radius 1 is 1.03 bits per heavy atom. The van der Waals surface area contributed by atoms with Crippen molar-refractivity contribution in [3.05, 3.63) is 88.7 Å². The molecule has 0 aliphatic heterocycles. The highest BCUT2D eigenvalue weighted by molar-refractivity contribution is 5.75. The second-order valence-corrected chi connectivity index (χ2v) is 6.31. The van der Waals surface area contributed by atoms with Gasteiger partial charge in [-0.1, -0.05) is 30.3 Å². The Bertz CT molecular complexity index is 1190. The second-order valence-electron chi connectivity index (χ2n) is 6.31. The summed E-state index contributed by atoms with van der Waals surface area (Å²) in [4.78, 5) is 28.7. The first-order valence-corrected chi connectivity index (χ1v) is 8.97. The van der Waals surface area contributed by atoms with Crippen LogP contribution in [-0.2, 0) is 24.5 Å². The highest BCUT2D eigenvalue weighted by Crippen LogP contribution is 2.11. The van der Waals surface area contributed by atoms with Crippen molar-refractivity contribution in [1.82, 2.24) is 29.7 Å². The maximum Gasteiger partial charge on any atom is 0.293 e. The Balaban J connectivity index is 1.34. The largest absolute Gasteiger partial charge is 0.473 e. The Kier molecular flexibility index (Phi) is 5.28. The van der Waals surface area contributed by atoms with Crippen LogP contribution in [0, 0.1) is 0 Å². The fraction of sp³-hybridized carbons (Fsp3) is 0.150. The zero-order valence-electron chi connectivity index (χ0n) is 15.4. The van der Waals surface area contributed by atoms with Crippen LogP contribution in [0.1, 0.15) is 11.1 Å². The summed E-state index contributed by atoms with van der Waals surface area (Å²) in [7, 11) is 0. The second kappa shape index (κ2) is 8.34. The van der Waals surface area contributed by atoms with Gasteiger partial charge in [-0.3, -0.25) is 9.59 Å². The molecule has 0 aliphatic carbocycles. The number of aromatic nitrogens is 5. The molecule has 0 unspecified atom stereocenters. The fourth-order valence-electron chi connectivity index (χ4n) is 2.75. The van der Waals surface area contributed by atoms with Crippen molar-refractivity contribution in [2.75, 3.05) is 0 Å². The smallest absolute Gasteiger partial charge is 0.293 e. The lowest BCUT2D eigenvalue weighted by atomic mass is 10.2. The standard InChI is InChI=1S/C20H18N6O3/c27-18(12-25-20(28)17-7-9-23-26(17)14-24-25)22-11-16-6-8-21-19(10-16)29-13-15-4-2-1-3-5-15/h1-10,14H,11-13H2,(H,22,27). The Labute approximate surface area is 165 Å². The van der Waals surface area contributed by atoms with Crippen LogP contribution in [0.3, 0.4) is 0 Å². The van der Waals surface area contributed by atoms with Gasteiger partial charge in [0.2, 0.25) is 11.8 Å². The van der Waals surface area contributed by atoms with Gasteiger partial charge < -0.3 is 10.1 Å². The highest BCUT2D eigenvalue weighted by Gasteiger charge is 2.09. The van der Waals surface area contributed by atoms with Crippen LogP contribution in [0.15, 0.2) is 72.0 Å². The van der Waals surface area contributed by atoms with Gasteiger partial charge in [0.15, 0.2) is 0 Å². The predicted octanol–water partition coefficient (Wildman–Crippen LogP) is 1.18. The molecule has 0 atom stereocenters. The number of fused-ring (bicyclic) bond motifs is 1. The monoisotopic (exact) mass is 390 g/mol. The van der Waals surface area contributed by atoms with E-state index in [1.807, 2.05) is 30.3 Å². The van der Waals surface area contributed by atoms with Crippen LogP contribution in [0.2, 0.25) is 0 Å². The lowest BCUT2D eigenvalue weighted by Crippen LogP contribution is -2.34. The van der Waals surface area contributed by atoms with Gasteiger partial charge in [-0.15, -0.1) is 0 Å². The molecule has 0 saturated heterocycles. The summed E-state index contributed by atoms with van der Waals surface area (Å²) in [6, 6.07) is 14.9. The highest BCUT2D eigenvalue weighted by atomic mass is 16.5. The molecule has 9 nitrogen and oxygen atoms in total. The first-order chi connectivity index (χ1) is 14.2. The third-order valence-electron chi connectivity index (χ3n) is 4.24. The minimum atomic E-state index is -0.374. The van der Waals surface area contributed by atoms with E-state index in [0.29, 0.717) is 18.0 Å². The van der Waals surface area contributed by atoms with Crippen LogP contribution in [0.5, 0.6) is 5.88 Å². The van der Waals surface area contributed by atoms with Crippen molar-refractivity contribution in [3.8, 4) is 5.88 Å². The molecule has 1 amide bonds. The summed E-state index contributed by atoms with van der Waals surface area (Å²) in [5, 5.41) is 10.7. The van der Waals surface area contributed by atoms with Crippen LogP contribution < -0.4 is 15.6 Å². The molecule has 0 saturated carbocycles. The van der Waals surface area contributed by atoms with Crippen molar-refractivity contribution < 1.29 is 9.53 Å². The van der Waals surface area contributed by atoms with Crippen molar-refractivity contribution in [2.24, 2.45) is 0 Å². The van der Waals surface area contributed by atoms with Gasteiger partial charge >= 0.3 is 0 Å². The number of pyridine rings is 1. The van der Waals surface area contributed by atoms with E-state index in [4.69, 9.17) is 4.74 Å². The average Bonchev–Trinajstić information content (AvgIpc) is 3.24. The number of rotatable bonds is 7. The number of hydrogen-bond acceptors (Lipinski definition) is 6. The number of nitrogens with zero attached hydrogens (tertiary/aromatic N) is 5. The fourth-order valence-corrected chi connectivity index (χ4v) is 2.75. The summed E-state index contributed by atoms with van der Waals surface area (Å²) in [5.41, 5.74) is 1.87. The maximum absolute atomic E-state index is 12.3. The number of amides is 1. The van der Waals surface area contributed by atoms with Gasteiger partial charge in [-0.05, 0) is 23.3 Å². The Hall–Kier alpha value is -4.01. The van der Waals surface area contributed by atoms with E-state index in [-0.39, 0.29) is 24.6 Å². The molecular weight excluding hydrogens is 372 g/mol. The lowest BCUT2D eigenvalue weighted by Gasteiger charge is -2.09. The normalized spacial score (nSPS) is 10.8. The van der Waals surface area contributed by atoms with Crippen molar-refractivity contribution in [3.63, 3.8) is 0 Å². The molecule has 4 aromatic rings. The molecule has 4 rings (SSSR count). The molecule has 0 fully saturated rings. The lowest BCUT2D eigenvalue weighted by molar-refractivity contribution is -0.122. The van der Waals surface area contributed by atoms with Crippen LogP contribution >= 0.6 is 0 Å². The SMILES string of the molecule is O=C(Cn1ncn2nccc2c1=O)NCc1ccnc(OCc2ccccc2)c1. The van der Waals surface area contributed by atoms with Crippen molar-refractivity contribution >= 4 is 11.4 Å². The quantitative estimate of drug-likeness (QED) is 0.508. The molecule has 0 radical (unpaired) electrons. The summed E-state index contributed by atoms with van der Waals surface area (Å²) >= 11 is 0. The summed E-state index contributed by atoms with van der Waals surface area (Å²) in [5.74, 6) is 0.150. The topological polar surface area (TPSA) is 103 Å². The predicted molar refractivity (Wildman–Crippen MR) is 104 cm³/mol. The number of ether oxygens (including phenoxy) is 1. The zero-order valence-corrected chi connectivity index (χ0v) is 15.4. The third kappa shape index (κ3) is 4.46. The number of carbonyl (C=O) groups excluding carboxylic acids is 1. The Morgan fingerprint density at radius 2 is 1.90 bits per heavy atom. The summed E-state index contributed by atoms with van der Waals surface area (Å²) in [6.07, 6.45) is 4.52. The molecule has 9 heteroatoms. The van der Waals surface area contributed by atoms with E-state index < -0.39 is 0 Å². The molecular formula is C20H18N6O3. The van der Waals surface area contributed by atoms with E-state index >= 15 is 0 Å². The molecule has 0 bridgehead atoms. The average molecular weight is 390 g/mol. The van der Waals surface area contributed by atoms with Crippen molar-refractivity contribution in [2.45, 2.75) is 19.7 Å². The van der Waals surface area contributed by atoms with Crippen LogP contribution in [-0.4, -0.2) is 30.3 Å². The van der Waals surface area contributed by atoms with Gasteiger partial charge in [0.1, 0.15) is 25.0 Å². The van der Waals surface area contributed by atoms with Crippen molar-refractivity contribution in [1.29, 1.82) is 0 Å². The third-order valence-corrected chi connectivity index (χ3v) is 4.24. The molecule has 29 heavy (non-hydrogen) atoms. The van der Waals surface area contributed by atoms with E-state index in [0.717, 1.165) is 15.8 Å². The number of nitrogens with one attached hydrogen (secondary N) is 1. The van der Waals surface area contributed by atoms with E-state index in [1.54, 1.807) is 24.4 Å². The zero-order chi connectivity index (χ0) is 20.1. The Morgan fingerprint density at radius 3 is 2.76 bits per heavy atom. The molecule has 0 spiro atoms. The number of carbonyl (C=O) groups is 1. The van der Waals surface area contributed by atoms with E-state index in [1.165, 1.54) is 17.0 Å². The van der Waals surface area contributed by atoms with Gasteiger partial charge in [0.25, 0.3) is 5.56 Å². The van der Waals surface area contributed by atoms with E-state index in [2.05, 4.69) is 20.5 Å². The minimum Gasteiger partial charge on any atom is -0.473 e.